The molecule has 0 aliphatic rings. The number of nitrogens with zero attached hydrogens (tertiary/aromatic N) is 2. The van der Waals surface area contributed by atoms with Crippen molar-refractivity contribution in [2.45, 2.75) is 0 Å². The second-order valence-corrected chi connectivity index (χ2v) is 4.43. The van der Waals surface area contributed by atoms with Gasteiger partial charge in [-0.05, 0) is 30.3 Å². The molecule has 1 aromatic heterocycles. The van der Waals surface area contributed by atoms with Gasteiger partial charge in [0.1, 0.15) is 29.2 Å². The molecule has 0 spiro atoms. The molecule has 0 amide bonds. The summed E-state index contributed by atoms with van der Waals surface area (Å²) in [5, 5.41) is 18.2. The lowest BCUT2D eigenvalue weighted by Crippen LogP contribution is -1.75. The summed E-state index contributed by atoms with van der Waals surface area (Å²) in [4.78, 5) is 0. The Morgan fingerprint density at radius 1 is 1.05 bits per heavy atom. The number of halogens is 2. The molecule has 0 unspecified atom stereocenters. The first-order chi connectivity index (χ1) is 9.13. The predicted molar refractivity (Wildman–Crippen MR) is 73.4 cm³/mol. The SMILES string of the molecule is N#CC(C#N)=Cc1ccc(-c2ccc(Cl)c(Cl)c2)o1. The molecule has 0 saturated heterocycles. The average Bonchev–Trinajstić information content (AvgIpc) is 2.87. The highest BCUT2D eigenvalue weighted by atomic mass is 35.5. The highest BCUT2D eigenvalue weighted by Crippen LogP contribution is 2.29. The van der Waals surface area contributed by atoms with Gasteiger partial charge in [0.05, 0.1) is 10.0 Å². The standard InChI is InChI=1S/C14H6Cl2N2O/c15-12-3-1-10(6-13(12)16)14-4-2-11(19-14)5-9(7-17)8-18/h1-6H. The molecule has 0 aliphatic heterocycles. The highest BCUT2D eigenvalue weighted by molar-refractivity contribution is 6.42. The molecular formula is C14H6Cl2N2O. The van der Waals surface area contributed by atoms with E-state index in [4.69, 9.17) is 38.1 Å². The predicted octanol–water partition coefficient (Wildman–Crippen LogP) is 4.68. The van der Waals surface area contributed by atoms with Crippen LogP contribution in [0.25, 0.3) is 17.4 Å². The normalized spacial score (nSPS) is 9.47. The molecule has 0 fully saturated rings. The number of nitriles is 2. The fraction of sp³-hybridized carbons (Fsp3) is 0. The summed E-state index contributed by atoms with van der Waals surface area (Å²) in [5.74, 6) is 1.01. The smallest absolute Gasteiger partial charge is 0.134 e. The lowest BCUT2D eigenvalue weighted by molar-refractivity contribution is 0.571. The maximum absolute atomic E-state index is 8.66. The van der Waals surface area contributed by atoms with Crippen molar-refractivity contribution in [2.24, 2.45) is 0 Å². The van der Waals surface area contributed by atoms with Crippen LogP contribution in [0.4, 0.5) is 0 Å². The maximum atomic E-state index is 8.66. The van der Waals surface area contributed by atoms with Crippen molar-refractivity contribution in [3.63, 3.8) is 0 Å². The van der Waals surface area contributed by atoms with Crippen LogP contribution in [-0.4, -0.2) is 0 Å². The summed E-state index contributed by atoms with van der Waals surface area (Å²) >= 11 is 11.8. The van der Waals surface area contributed by atoms with E-state index in [1.165, 1.54) is 6.08 Å². The van der Waals surface area contributed by atoms with Crippen LogP contribution in [0.5, 0.6) is 0 Å². The Balaban J connectivity index is 2.37. The molecular weight excluding hydrogens is 283 g/mol. The van der Waals surface area contributed by atoms with Crippen molar-refractivity contribution in [2.75, 3.05) is 0 Å². The van der Waals surface area contributed by atoms with Crippen molar-refractivity contribution in [3.8, 4) is 23.5 Å². The third kappa shape index (κ3) is 2.98. The second-order valence-electron chi connectivity index (χ2n) is 3.61. The summed E-state index contributed by atoms with van der Waals surface area (Å²) < 4.78 is 5.52. The van der Waals surface area contributed by atoms with Crippen LogP contribution >= 0.6 is 23.2 Å². The third-order valence-corrected chi connectivity index (χ3v) is 3.10. The van der Waals surface area contributed by atoms with E-state index < -0.39 is 0 Å². The minimum atomic E-state index is -0.0185. The Morgan fingerprint density at radius 2 is 1.79 bits per heavy atom. The van der Waals surface area contributed by atoms with Gasteiger partial charge in [0.15, 0.2) is 0 Å². The molecule has 5 heteroatoms. The number of hydrogen-bond acceptors (Lipinski definition) is 3. The number of rotatable bonds is 2. The molecule has 19 heavy (non-hydrogen) atoms. The van der Waals surface area contributed by atoms with Crippen LogP contribution in [0.2, 0.25) is 10.0 Å². The van der Waals surface area contributed by atoms with Crippen LogP contribution in [-0.2, 0) is 0 Å². The van der Waals surface area contributed by atoms with E-state index in [-0.39, 0.29) is 5.57 Å². The summed E-state index contributed by atoms with van der Waals surface area (Å²) in [6, 6.07) is 12.1. The molecule has 92 valence electrons. The Labute approximate surface area is 119 Å². The van der Waals surface area contributed by atoms with Crippen molar-refractivity contribution < 1.29 is 4.42 Å². The van der Waals surface area contributed by atoms with Crippen LogP contribution in [0.3, 0.4) is 0 Å². The van der Waals surface area contributed by atoms with E-state index >= 15 is 0 Å². The number of hydrogen-bond donors (Lipinski definition) is 0. The molecule has 0 saturated carbocycles. The van der Waals surface area contributed by atoms with Crippen LogP contribution in [0.1, 0.15) is 5.76 Å². The molecule has 0 aliphatic carbocycles. The number of allylic oxidation sites excluding steroid dienone is 1. The second kappa shape index (κ2) is 5.63. The van der Waals surface area contributed by atoms with Gasteiger partial charge in [-0.3, -0.25) is 0 Å². The molecule has 3 nitrogen and oxygen atoms in total. The van der Waals surface area contributed by atoms with E-state index in [1.54, 1.807) is 42.5 Å². The zero-order valence-corrected chi connectivity index (χ0v) is 11.0. The van der Waals surface area contributed by atoms with Gasteiger partial charge in [0, 0.05) is 11.6 Å². The van der Waals surface area contributed by atoms with Crippen LogP contribution in [0, 0.1) is 22.7 Å². The zero-order chi connectivity index (χ0) is 13.8. The summed E-state index contributed by atoms with van der Waals surface area (Å²) in [7, 11) is 0. The minimum absolute atomic E-state index is 0.0185. The summed E-state index contributed by atoms with van der Waals surface area (Å²) in [6.45, 7) is 0. The Morgan fingerprint density at radius 3 is 2.42 bits per heavy atom. The first-order valence-corrected chi connectivity index (χ1v) is 5.97. The monoisotopic (exact) mass is 288 g/mol. The van der Waals surface area contributed by atoms with Gasteiger partial charge in [-0.1, -0.05) is 23.2 Å². The molecule has 0 atom stereocenters. The molecule has 0 N–H and O–H groups in total. The van der Waals surface area contributed by atoms with Crippen LogP contribution < -0.4 is 0 Å². The Hall–Kier alpha value is -2.20. The van der Waals surface area contributed by atoms with Gasteiger partial charge in [0.2, 0.25) is 0 Å². The van der Waals surface area contributed by atoms with Gasteiger partial charge in [-0.15, -0.1) is 0 Å². The fourth-order valence-electron chi connectivity index (χ4n) is 1.47. The largest absolute Gasteiger partial charge is 0.457 e. The number of benzene rings is 1. The van der Waals surface area contributed by atoms with Gasteiger partial charge in [0.25, 0.3) is 0 Å². The zero-order valence-electron chi connectivity index (χ0n) is 9.52. The molecule has 2 aromatic rings. The highest BCUT2D eigenvalue weighted by Gasteiger charge is 2.06. The van der Waals surface area contributed by atoms with Gasteiger partial charge in [-0.25, -0.2) is 0 Å². The average molecular weight is 289 g/mol. The first kappa shape index (κ1) is 13.2. The lowest BCUT2D eigenvalue weighted by Gasteiger charge is -1.99. The van der Waals surface area contributed by atoms with Crippen molar-refractivity contribution in [1.29, 1.82) is 10.5 Å². The topological polar surface area (TPSA) is 60.7 Å². The van der Waals surface area contributed by atoms with E-state index in [1.807, 2.05) is 0 Å². The molecule has 1 aromatic carbocycles. The molecule has 1 heterocycles. The van der Waals surface area contributed by atoms with Gasteiger partial charge < -0.3 is 4.42 Å². The van der Waals surface area contributed by atoms with Crippen molar-refractivity contribution in [1.82, 2.24) is 0 Å². The summed E-state index contributed by atoms with van der Waals surface area (Å²) in [6.07, 6.45) is 1.38. The van der Waals surface area contributed by atoms with Crippen molar-refractivity contribution >= 4 is 29.3 Å². The summed E-state index contributed by atoms with van der Waals surface area (Å²) in [5.41, 5.74) is 0.750. The molecule has 2 rings (SSSR count). The maximum Gasteiger partial charge on any atom is 0.134 e. The molecule has 0 radical (unpaired) electrons. The lowest BCUT2D eigenvalue weighted by atomic mass is 10.2. The Bertz CT molecular complexity index is 717. The number of furan rings is 1. The van der Waals surface area contributed by atoms with E-state index in [2.05, 4.69) is 0 Å². The third-order valence-electron chi connectivity index (χ3n) is 2.36. The van der Waals surface area contributed by atoms with Crippen molar-refractivity contribution in [3.05, 3.63) is 51.7 Å². The Kier molecular flexibility index (Phi) is 3.92. The van der Waals surface area contributed by atoms with E-state index in [0.717, 1.165) is 5.56 Å². The van der Waals surface area contributed by atoms with Crippen LogP contribution in [0.15, 0.2) is 40.3 Å². The van der Waals surface area contributed by atoms with Gasteiger partial charge >= 0.3 is 0 Å². The first-order valence-electron chi connectivity index (χ1n) is 5.21. The van der Waals surface area contributed by atoms with Gasteiger partial charge in [-0.2, -0.15) is 10.5 Å². The molecule has 0 bridgehead atoms. The van der Waals surface area contributed by atoms with E-state index in [0.29, 0.717) is 21.6 Å². The van der Waals surface area contributed by atoms with E-state index in [9.17, 15) is 0 Å². The fourth-order valence-corrected chi connectivity index (χ4v) is 1.76. The quantitative estimate of drug-likeness (QED) is 0.754. The minimum Gasteiger partial charge on any atom is -0.457 e.